The number of esters is 1. The molecule has 0 aromatic heterocycles. The number of halogens is 1. The van der Waals surface area contributed by atoms with Crippen molar-refractivity contribution in [3.8, 4) is 0 Å². The summed E-state index contributed by atoms with van der Waals surface area (Å²) in [7, 11) is 0. The third-order valence-electron chi connectivity index (χ3n) is 3.51. The standard InChI is InChI=1S/C15H20BrNO2/c1-12(11-17-8-3-2-4-9-17)19-15(18)13-6-5-7-14(16)10-13/h5-7,10,12H,2-4,8-9,11H2,1H3/p+1. The maximum absolute atomic E-state index is 12.0. The van der Waals surface area contributed by atoms with Gasteiger partial charge in [0.2, 0.25) is 0 Å². The number of carbonyl (C=O) groups is 1. The van der Waals surface area contributed by atoms with Crippen LogP contribution in [0.4, 0.5) is 0 Å². The van der Waals surface area contributed by atoms with E-state index in [1.54, 1.807) is 17.0 Å². The van der Waals surface area contributed by atoms with E-state index in [0.29, 0.717) is 5.56 Å². The lowest BCUT2D eigenvalue weighted by Crippen LogP contribution is -3.13. The van der Waals surface area contributed by atoms with Crippen molar-refractivity contribution in [2.45, 2.75) is 32.3 Å². The van der Waals surface area contributed by atoms with Crippen LogP contribution in [0.15, 0.2) is 28.7 Å². The van der Waals surface area contributed by atoms with Gasteiger partial charge in [-0.1, -0.05) is 22.0 Å². The SMILES string of the molecule is CC(C[NH+]1CCCCC1)OC(=O)c1cccc(Br)c1. The number of quaternary nitrogens is 1. The van der Waals surface area contributed by atoms with Gasteiger partial charge in [0.1, 0.15) is 12.6 Å². The van der Waals surface area contributed by atoms with E-state index >= 15 is 0 Å². The number of likely N-dealkylation sites (tertiary alicyclic amines) is 1. The molecule has 1 aliphatic heterocycles. The number of rotatable bonds is 4. The minimum Gasteiger partial charge on any atom is -0.453 e. The smallest absolute Gasteiger partial charge is 0.338 e. The number of piperidine rings is 1. The molecule has 0 bridgehead atoms. The molecule has 0 aliphatic carbocycles. The molecule has 1 heterocycles. The van der Waals surface area contributed by atoms with E-state index in [1.807, 2.05) is 19.1 Å². The molecular weight excluding hydrogens is 306 g/mol. The van der Waals surface area contributed by atoms with E-state index in [9.17, 15) is 4.79 Å². The van der Waals surface area contributed by atoms with Gasteiger partial charge in [-0.2, -0.15) is 0 Å². The third-order valence-corrected chi connectivity index (χ3v) is 4.00. The number of hydrogen-bond acceptors (Lipinski definition) is 2. The first kappa shape index (κ1) is 14.5. The fourth-order valence-electron chi connectivity index (χ4n) is 2.57. The summed E-state index contributed by atoms with van der Waals surface area (Å²) in [6.07, 6.45) is 3.90. The van der Waals surface area contributed by atoms with Crippen molar-refractivity contribution in [1.82, 2.24) is 0 Å². The van der Waals surface area contributed by atoms with Crippen LogP contribution in [-0.2, 0) is 4.74 Å². The molecule has 4 heteroatoms. The Kier molecular flexibility index (Phi) is 5.40. The van der Waals surface area contributed by atoms with E-state index in [-0.39, 0.29) is 12.1 Å². The highest BCUT2D eigenvalue weighted by atomic mass is 79.9. The average molecular weight is 327 g/mol. The van der Waals surface area contributed by atoms with Gasteiger partial charge in [-0.3, -0.25) is 0 Å². The Morgan fingerprint density at radius 3 is 2.79 bits per heavy atom. The van der Waals surface area contributed by atoms with Crippen molar-refractivity contribution in [2.24, 2.45) is 0 Å². The second-order valence-electron chi connectivity index (χ2n) is 5.24. The lowest BCUT2D eigenvalue weighted by molar-refractivity contribution is -0.907. The zero-order valence-electron chi connectivity index (χ0n) is 11.3. The molecule has 0 saturated carbocycles. The van der Waals surface area contributed by atoms with Crippen LogP contribution in [0, 0.1) is 0 Å². The van der Waals surface area contributed by atoms with Gasteiger partial charge in [-0.05, 0) is 44.4 Å². The predicted molar refractivity (Wildman–Crippen MR) is 78.4 cm³/mol. The summed E-state index contributed by atoms with van der Waals surface area (Å²) in [5.41, 5.74) is 0.606. The molecule has 3 nitrogen and oxygen atoms in total. The first-order valence-corrected chi connectivity index (χ1v) is 7.74. The number of benzene rings is 1. The largest absolute Gasteiger partial charge is 0.453 e. The molecule has 1 fully saturated rings. The summed E-state index contributed by atoms with van der Waals surface area (Å²) in [5.74, 6) is -0.231. The highest BCUT2D eigenvalue weighted by Gasteiger charge is 2.19. The average Bonchev–Trinajstić information content (AvgIpc) is 2.39. The van der Waals surface area contributed by atoms with E-state index in [1.165, 1.54) is 32.4 Å². The molecule has 1 unspecified atom stereocenters. The molecule has 0 radical (unpaired) electrons. The summed E-state index contributed by atoms with van der Waals surface area (Å²) in [4.78, 5) is 13.6. The van der Waals surface area contributed by atoms with Gasteiger partial charge >= 0.3 is 5.97 Å². The lowest BCUT2D eigenvalue weighted by Gasteiger charge is -2.26. The van der Waals surface area contributed by atoms with Gasteiger partial charge in [0.15, 0.2) is 0 Å². The molecule has 0 spiro atoms. The second-order valence-corrected chi connectivity index (χ2v) is 6.16. The fraction of sp³-hybridized carbons (Fsp3) is 0.533. The van der Waals surface area contributed by atoms with Gasteiger partial charge in [-0.25, -0.2) is 4.79 Å². The lowest BCUT2D eigenvalue weighted by atomic mass is 10.1. The van der Waals surface area contributed by atoms with Crippen LogP contribution in [0.3, 0.4) is 0 Å². The number of hydrogen-bond donors (Lipinski definition) is 1. The summed E-state index contributed by atoms with van der Waals surface area (Å²) in [6, 6.07) is 7.33. The molecule has 0 amide bonds. The van der Waals surface area contributed by atoms with Crippen molar-refractivity contribution < 1.29 is 14.4 Å². The van der Waals surface area contributed by atoms with Crippen molar-refractivity contribution >= 4 is 21.9 Å². The first-order chi connectivity index (χ1) is 9.15. The zero-order valence-corrected chi connectivity index (χ0v) is 12.9. The maximum Gasteiger partial charge on any atom is 0.338 e. The van der Waals surface area contributed by atoms with Crippen molar-refractivity contribution in [3.63, 3.8) is 0 Å². The Labute approximate surface area is 123 Å². The zero-order chi connectivity index (χ0) is 13.7. The Hall–Kier alpha value is -0.870. The normalized spacial score (nSPS) is 18.0. The van der Waals surface area contributed by atoms with Crippen molar-refractivity contribution in [1.29, 1.82) is 0 Å². The number of ether oxygens (including phenoxy) is 1. The molecular formula is C15H21BrNO2+. The molecule has 1 N–H and O–H groups in total. The summed E-state index contributed by atoms with van der Waals surface area (Å²) in [6.45, 7) is 5.31. The highest BCUT2D eigenvalue weighted by molar-refractivity contribution is 9.10. The Morgan fingerprint density at radius 1 is 1.37 bits per heavy atom. The molecule has 1 aliphatic rings. The van der Waals surface area contributed by atoms with E-state index < -0.39 is 0 Å². The van der Waals surface area contributed by atoms with Crippen LogP contribution >= 0.6 is 15.9 Å². The molecule has 1 saturated heterocycles. The Morgan fingerprint density at radius 2 is 2.11 bits per heavy atom. The number of nitrogens with one attached hydrogen (secondary N) is 1. The molecule has 1 aromatic carbocycles. The van der Waals surface area contributed by atoms with Gasteiger partial charge in [0.25, 0.3) is 0 Å². The Balaban J connectivity index is 1.84. The summed E-state index contributed by atoms with van der Waals surface area (Å²) < 4.78 is 6.41. The van der Waals surface area contributed by atoms with Crippen LogP contribution in [0.25, 0.3) is 0 Å². The molecule has 2 rings (SSSR count). The Bertz CT molecular complexity index is 430. The van der Waals surface area contributed by atoms with Gasteiger partial charge in [-0.15, -0.1) is 0 Å². The molecule has 104 valence electrons. The van der Waals surface area contributed by atoms with E-state index in [2.05, 4.69) is 15.9 Å². The van der Waals surface area contributed by atoms with Crippen LogP contribution < -0.4 is 4.90 Å². The third kappa shape index (κ3) is 4.62. The van der Waals surface area contributed by atoms with Crippen molar-refractivity contribution in [2.75, 3.05) is 19.6 Å². The van der Waals surface area contributed by atoms with Crippen LogP contribution in [0.1, 0.15) is 36.5 Å². The van der Waals surface area contributed by atoms with Crippen molar-refractivity contribution in [3.05, 3.63) is 34.3 Å². The van der Waals surface area contributed by atoms with Crippen LogP contribution in [0.5, 0.6) is 0 Å². The first-order valence-electron chi connectivity index (χ1n) is 6.95. The van der Waals surface area contributed by atoms with Crippen LogP contribution in [-0.4, -0.2) is 31.7 Å². The quantitative estimate of drug-likeness (QED) is 0.859. The van der Waals surface area contributed by atoms with E-state index in [0.717, 1.165) is 11.0 Å². The summed E-state index contributed by atoms with van der Waals surface area (Å²) >= 11 is 3.36. The van der Waals surface area contributed by atoms with E-state index in [4.69, 9.17) is 4.74 Å². The summed E-state index contributed by atoms with van der Waals surface area (Å²) in [5, 5.41) is 0. The highest BCUT2D eigenvalue weighted by Crippen LogP contribution is 2.13. The molecule has 1 aromatic rings. The maximum atomic E-state index is 12.0. The molecule has 19 heavy (non-hydrogen) atoms. The second kappa shape index (κ2) is 7.06. The molecule has 1 atom stereocenters. The topological polar surface area (TPSA) is 30.7 Å². The minimum absolute atomic E-state index is 0.0282. The van der Waals surface area contributed by atoms with Crippen LogP contribution in [0.2, 0.25) is 0 Å². The minimum atomic E-state index is -0.231. The predicted octanol–water partition coefficient (Wildman–Crippen LogP) is 2.06. The van der Waals surface area contributed by atoms with Gasteiger partial charge in [0.05, 0.1) is 18.7 Å². The number of carbonyl (C=O) groups excluding carboxylic acids is 1. The monoisotopic (exact) mass is 326 g/mol. The fourth-order valence-corrected chi connectivity index (χ4v) is 2.97. The van der Waals surface area contributed by atoms with Gasteiger partial charge < -0.3 is 9.64 Å². The van der Waals surface area contributed by atoms with Gasteiger partial charge in [0, 0.05) is 4.47 Å².